The van der Waals surface area contributed by atoms with Crippen LogP contribution in [0.4, 0.5) is 5.69 Å². The number of rotatable bonds is 5. The molecule has 0 aliphatic heterocycles. The lowest BCUT2D eigenvalue weighted by atomic mass is 10.1. The van der Waals surface area contributed by atoms with Gasteiger partial charge in [0.15, 0.2) is 0 Å². The first-order valence-electron chi connectivity index (χ1n) is 6.36. The van der Waals surface area contributed by atoms with E-state index < -0.39 is 0 Å². The predicted molar refractivity (Wildman–Crippen MR) is 74.2 cm³/mol. The maximum atomic E-state index is 11.6. The molecule has 0 atom stereocenters. The van der Waals surface area contributed by atoms with Gasteiger partial charge in [-0.25, -0.2) is 0 Å². The molecular weight excluding hydrogens is 252 g/mol. The molecular formula is C15H14N4O. The Hall–Kier alpha value is -2.79. The van der Waals surface area contributed by atoms with Crippen LogP contribution in [0.3, 0.4) is 0 Å². The molecule has 0 saturated heterocycles. The van der Waals surface area contributed by atoms with E-state index in [0.29, 0.717) is 12.5 Å². The molecule has 0 bridgehead atoms. The van der Waals surface area contributed by atoms with Crippen molar-refractivity contribution in [3.8, 4) is 12.1 Å². The average Bonchev–Trinajstić information content (AvgIpc) is 3.25. The molecule has 0 spiro atoms. The van der Waals surface area contributed by atoms with Crippen LogP contribution in [0.5, 0.6) is 0 Å². The predicted octanol–water partition coefficient (Wildman–Crippen LogP) is 1.85. The van der Waals surface area contributed by atoms with Crippen LogP contribution in [0.1, 0.15) is 18.4 Å². The van der Waals surface area contributed by atoms with E-state index >= 15 is 0 Å². The normalized spacial score (nSPS) is 12.7. The number of amides is 1. The summed E-state index contributed by atoms with van der Waals surface area (Å²) in [6, 6.07) is 11.2. The molecule has 1 saturated carbocycles. The Morgan fingerprint density at radius 2 is 1.90 bits per heavy atom. The van der Waals surface area contributed by atoms with E-state index in [-0.39, 0.29) is 11.5 Å². The molecule has 1 aromatic carbocycles. The van der Waals surface area contributed by atoms with Crippen LogP contribution >= 0.6 is 0 Å². The maximum absolute atomic E-state index is 11.6. The second-order valence-corrected chi connectivity index (χ2v) is 4.64. The fraction of sp³-hybridized carbons (Fsp3) is 0.267. The van der Waals surface area contributed by atoms with Gasteiger partial charge in [0.2, 0.25) is 5.91 Å². The summed E-state index contributed by atoms with van der Waals surface area (Å²) in [7, 11) is 0. The summed E-state index contributed by atoms with van der Waals surface area (Å²) in [4.78, 5) is 11.6. The Bertz CT molecular complexity index is 584. The van der Waals surface area contributed by atoms with E-state index in [4.69, 9.17) is 10.5 Å². The zero-order chi connectivity index (χ0) is 14.4. The first-order chi connectivity index (χ1) is 9.71. The fourth-order valence-corrected chi connectivity index (χ4v) is 1.66. The molecule has 5 heteroatoms. The quantitative estimate of drug-likeness (QED) is 0.796. The summed E-state index contributed by atoms with van der Waals surface area (Å²) < 4.78 is 0. The van der Waals surface area contributed by atoms with Crippen molar-refractivity contribution in [1.82, 2.24) is 5.32 Å². The Morgan fingerprint density at radius 3 is 2.45 bits per heavy atom. The van der Waals surface area contributed by atoms with Crippen molar-refractivity contribution in [3.05, 3.63) is 41.6 Å². The van der Waals surface area contributed by atoms with Gasteiger partial charge in [-0.2, -0.15) is 10.5 Å². The highest BCUT2D eigenvalue weighted by Crippen LogP contribution is 2.19. The number of hydrogen-bond donors (Lipinski definition) is 2. The molecule has 2 N–H and O–H groups in total. The zero-order valence-electron chi connectivity index (χ0n) is 10.9. The Kier molecular flexibility index (Phi) is 4.36. The lowest BCUT2D eigenvalue weighted by Gasteiger charge is -2.05. The highest BCUT2D eigenvalue weighted by molar-refractivity contribution is 5.79. The minimum Gasteiger partial charge on any atom is -0.360 e. The maximum Gasteiger partial charge on any atom is 0.224 e. The van der Waals surface area contributed by atoms with Crippen LogP contribution in [0.2, 0.25) is 0 Å². The number of nitrogens with one attached hydrogen (secondary N) is 2. The summed E-state index contributed by atoms with van der Waals surface area (Å²) in [5.74, 6) is 0.0457. The third-order valence-electron chi connectivity index (χ3n) is 2.89. The van der Waals surface area contributed by atoms with E-state index in [2.05, 4.69) is 10.6 Å². The van der Waals surface area contributed by atoms with Crippen molar-refractivity contribution < 1.29 is 4.79 Å². The highest BCUT2D eigenvalue weighted by atomic mass is 16.1. The summed E-state index contributed by atoms with van der Waals surface area (Å²) >= 11 is 0. The van der Waals surface area contributed by atoms with Crippen LogP contribution in [-0.4, -0.2) is 11.9 Å². The average molecular weight is 266 g/mol. The van der Waals surface area contributed by atoms with Gasteiger partial charge in [-0.3, -0.25) is 4.79 Å². The van der Waals surface area contributed by atoms with Crippen LogP contribution in [0, 0.1) is 22.7 Å². The summed E-state index contributed by atoms with van der Waals surface area (Å²) in [5, 5.41) is 23.0. The van der Waals surface area contributed by atoms with Crippen molar-refractivity contribution in [2.45, 2.75) is 25.3 Å². The zero-order valence-corrected chi connectivity index (χ0v) is 10.9. The number of anilines is 1. The van der Waals surface area contributed by atoms with Crippen molar-refractivity contribution in [2.75, 3.05) is 5.32 Å². The van der Waals surface area contributed by atoms with Crippen LogP contribution < -0.4 is 10.6 Å². The van der Waals surface area contributed by atoms with Crippen LogP contribution in [0.15, 0.2) is 36.0 Å². The number of hydrogen-bond acceptors (Lipinski definition) is 4. The highest BCUT2D eigenvalue weighted by Gasteiger charge is 2.22. The van der Waals surface area contributed by atoms with Gasteiger partial charge in [-0.05, 0) is 30.5 Å². The summed E-state index contributed by atoms with van der Waals surface area (Å²) in [6.45, 7) is 0. The van der Waals surface area contributed by atoms with Gasteiger partial charge in [-0.1, -0.05) is 12.1 Å². The molecule has 0 radical (unpaired) electrons. The Morgan fingerprint density at radius 1 is 1.25 bits per heavy atom. The van der Waals surface area contributed by atoms with Crippen molar-refractivity contribution in [2.24, 2.45) is 0 Å². The molecule has 2 rings (SSSR count). The number of carbonyl (C=O) groups is 1. The van der Waals surface area contributed by atoms with Gasteiger partial charge in [0.05, 0.1) is 6.42 Å². The summed E-state index contributed by atoms with van der Waals surface area (Å²) in [5.41, 5.74) is 1.70. The Labute approximate surface area is 117 Å². The molecule has 100 valence electrons. The van der Waals surface area contributed by atoms with Gasteiger partial charge >= 0.3 is 0 Å². The number of carbonyl (C=O) groups excluding carboxylic acids is 1. The van der Waals surface area contributed by atoms with Crippen molar-refractivity contribution in [1.29, 1.82) is 10.5 Å². The Balaban J connectivity index is 1.89. The standard InChI is InChI=1S/C15H14N4O/c16-8-12(9-17)10-18-13-3-1-11(2-4-13)7-15(20)19-14-5-6-14/h1-4,10,14,18H,5-7H2,(H,19,20). The molecule has 0 unspecified atom stereocenters. The van der Waals surface area contributed by atoms with Crippen molar-refractivity contribution in [3.63, 3.8) is 0 Å². The minimum absolute atomic E-state index is 0.0119. The van der Waals surface area contributed by atoms with E-state index in [1.54, 1.807) is 12.1 Å². The third-order valence-corrected chi connectivity index (χ3v) is 2.89. The van der Waals surface area contributed by atoms with E-state index in [0.717, 1.165) is 24.1 Å². The molecule has 1 aliphatic rings. The van der Waals surface area contributed by atoms with Gasteiger partial charge in [-0.15, -0.1) is 0 Å². The molecule has 5 nitrogen and oxygen atoms in total. The number of nitrogens with zero attached hydrogens (tertiary/aromatic N) is 2. The topological polar surface area (TPSA) is 88.7 Å². The van der Waals surface area contributed by atoms with E-state index in [1.807, 2.05) is 24.3 Å². The van der Waals surface area contributed by atoms with Gasteiger partial charge in [0.1, 0.15) is 17.7 Å². The minimum atomic E-state index is 0.0119. The lowest BCUT2D eigenvalue weighted by Crippen LogP contribution is -2.26. The fourth-order valence-electron chi connectivity index (χ4n) is 1.66. The van der Waals surface area contributed by atoms with Gasteiger partial charge in [0, 0.05) is 17.9 Å². The van der Waals surface area contributed by atoms with Crippen LogP contribution in [0.25, 0.3) is 0 Å². The first-order valence-corrected chi connectivity index (χ1v) is 6.36. The smallest absolute Gasteiger partial charge is 0.224 e. The molecule has 1 aliphatic carbocycles. The molecule has 1 amide bonds. The lowest BCUT2D eigenvalue weighted by molar-refractivity contribution is -0.120. The molecule has 1 fully saturated rings. The number of allylic oxidation sites excluding steroid dienone is 1. The molecule has 0 aromatic heterocycles. The monoisotopic (exact) mass is 266 g/mol. The first kappa shape index (κ1) is 13.6. The van der Waals surface area contributed by atoms with Gasteiger partial charge < -0.3 is 10.6 Å². The number of nitriles is 2. The SMILES string of the molecule is N#CC(C#N)=CNc1ccc(CC(=O)NC2CC2)cc1. The second kappa shape index (κ2) is 6.40. The third kappa shape index (κ3) is 4.15. The molecule has 1 aromatic rings. The van der Waals surface area contributed by atoms with E-state index in [9.17, 15) is 4.79 Å². The molecule has 20 heavy (non-hydrogen) atoms. The van der Waals surface area contributed by atoms with Crippen LogP contribution in [-0.2, 0) is 11.2 Å². The molecule has 0 heterocycles. The number of benzene rings is 1. The van der Waals surface area contributed by atoms with E-state index in [1.165, 1.54) is 6.20 Å². The summed E-state index contributed by atoms with van der Waals surface area (Å²) in [6.07, 6.45) is 3.89. The van der Waals surface area contributed by atoms with Crippen molar-refractivity contribution >= 4 is 11.6 Å². The second-order valence-electron chi connectivity index (χ2n) is 4.64. The largest absolute Gasteiger partial charge is 0.360 e. The van der Waals surface area contributed by atoms with Gasteiger partial charge in [0.25, 0.3) is 0 Å².